The van der Waals surface area contributed by atoms with Crippen LogP contribution in [0.2, 0.25) is 5.02 Å². The van der Waals surface area contributed by atoms with Crippen LogP contribution >= 0.6 is 35.6 Å². The second-order valence-corrected chi connectivity index (χ2v) is 7.64. The molecule has 2 fully saturated rings. The first-order valence-corrected chi connectivity index (χ1v) is 10.00. The van der Waals surface area contributed by atoms with E-state index < -0.39 is 0 Å². The number of guanidine groups is 1. The summed E-state index contributed by atoms with van der Waals surface area (Å²) in [5.41, 5.74) is 1.57. The molecule has 1 unspecified atom stereocenters. The van der Waals surface area contributed by atoms with Crippen molar-refractivity contribution in [1.29, 1.82) is 0 Å². The lowest BCUT2D eigenvalue weighted by Crippen LogP contribution is -2.49. The van der Waals surface area contributed by atoms with Gasteiger partial charge in [-0.3, -0.25) is 4.99 Å². The summed E-state index contributed by atoms with van der Waals surface area (Å²) in [5.74, 6) is 0.856. The fraction of sp³-hybridized carbons (Fsp3) is 0.650. The minimum Gasteiger partial charge on any atom is -0.379 e. The van der Waals surface area contributed by atoms with Crippen molar-refractivity contribution in [2.24, 2.45) is 4.99 Å². The van der Waals surface area contributed by atoms with Crippen LogP contribution in [0.4, 0.5) is 0 Å². The largest absolute Gasteiger partial charge is 0.379 e. The quantitative estimate of drug-likeness (QED) is 0.244. The van der Waals surface area contributed by atoms with Gasteiger partial charge in [0, 0.05) is 43.8 Å². The number of halogens is 2. The molecule has 1 aromatic carbocycles. The molecule has 3 rings (SSSR count). The van der Waals surface area contributed by atoms with E-state index in [0.29, 0.717) is 0 Å². The lowest BCUT2D eigenvalue weighted by atomic mass is 9.64. The molecule has 27 heavy (non-hydrogen) atoms. The normalized spacial score (nSPS) is 21.3. The van der Waals surface area contributed by atoms with Crippen molar-refractivity contribution in [2.45, 2.75) is 43.6 Å². The molecule has 1 aliphatic heterocycles. The van der Waals surface area contributed by atoms with Crippen LogP contribution < -0.4 is 10.6 Å². The van der Waals surface area contributed by atoms with E-state index in [1.807, 2.05) is 19.2 Å². The van der Waals surface area contributed by atoms with Crippen molar-refractivity contribution in [2.75, 3.05) is 40.0 Å². The topological polar surface area (TPSA) is 54.9 Å². The molecule has 1 aliphatic carbocycles. The van der Waals surface area contributed by atoms with Gasteiger partial charge in [0.1, 0.15) is 0 Å². The summed E-state index contributed by atoms with van der Waals surface area (Å²) in [5, 5.41) is 7.68. The third-order valence-electron chi connectivity index (χ3n) is 5.44. The number of nitrogens with zero attached hydrogens (tertiary/aromatic N) is 1. The molecule has 0 amide bonds. The molecule has 2 aliphatic rings. The highest BCUT2D eigenvalue weighted by atomic mass is 127. The summed E-state index contributed by atoms with van der Waals surface area (Å²) in [6, 6.07) is 8.28. The molecule has 1 saturated carbocycles. The zero-order chi connectivity index (χ0) is 18.2. The van der Waals surface area contributed by atoms with Gasteiger partial charge in [0.15, 0.2) is 5.96 Å². The fourth-order valence-corrected chi connectivity index (χ4v) is 3.75. The number of hydrogen-bond donors (Lipinski definition) is 2. The van der Waals surface area contributed by atoms with Crippen molar-refractivity contribution in [1.82, 2.24) is 10.6 Å². The molecule has 1 aromatic rings. The number of nitrogens with one attached hydrogen (secondary N) is 2. The maximum absolute atomic E-state index is 6.04. The summed E-state index contributed by atoms with van der Waals surface area (Å²) in [6.45, 7) is 4.07. The number of hydrogen-bond acceptors (Lipinski definition) is 3. The maximum Gasteiger partial charge on any atom is 0.191 e. The van der Waals surface area contributed by atoms with E-state index in [4.69, 9.17) is 21.1 Å². The molecule has 7 heteroatoms. The van der Waals surface area contributed by atoms with Crippen LogP contribution in [0.15, 0.2) is 29.3 Å². The molecule has 5 nitrogen and oxygen atoms in total. The number of ether oxygens (including phenoxy) is 2. The summed E-state index contributed by atoms with van der Waals surface area (Å²) in [4.78, 5) is 4.34. The van der Waals surface area contributed by atoms with E-state index in [-0.39, 0.29) is 35.5 Å². The Bertz CT molecular complexity index is 587. The standard InChI is InChI=1S/C20H30ClN3O2.HI/c1-22-19(23-11-3-12-26-18-8-13-25-14-18)24-15-20(9-2-10-20)16-4-6-17(21)7-5-16;/h4-7,18H,2-3,8-15H2,1H3,(H2,22,23,24);1H. The Morgan fingerprint density at radius 1 is 1.30 bits per heavy atom. The second kappa shape index (κ2) is 11.4. The molecule has 1 heterocycles. The summed E-state index contributed by atoms with van der Waals surface area (Å²) in [7, 11) is 1.82. The highest BCUT2D eigenvalue weighted by Gasteiger charge is 2.38. The summed E-state index contributed by atoms with van der Waals surface area (Å²) >= 11 is 6.04. The Morgan fingerprint density at radius 3 is 2.67 bits per heavy atom. The number of aliphatic imine (C=N–C) groups is 1. The third-order valence-corrected chi connectivity index (χ3v) is 5.69. The fourth-order valence-electron chi connectivity index (χ4n) is 3.62. The Kier molecular flexibility index (Phi) is 9.62. The van der Waals surface area contributed by atoms with Gasteiger partial charge in [0.25, 0.3) is 0 Å². The zero-order valence-electron chi connectivity index (χ0n) is 16.0. The number of rotatable bonds is 8. The van der Waals surface area contributed by atoms with E-state index in [1.54, 1.807) is 0 Å². The first kappa shape index (κ1) is 22.7. The van der Waals surface area contributed by atoms with Gasteiger partial charge in [-0.15, -0.1) is 24.0 Å². The minimum absolute atomic E-state index is 0. The van der Waals surface area contributed by atoms with Gasteiger partial charge in [-0.1, -0.05) is 30.2 Å². The van der Waals surface area contributed by atoms with Gasteiger partial charge in [-0.2, -0.15) is 0 Å². The van der Waals surface area contributed by atoms with Crippen molar-refractivity contribution < 1.29 is 9.47 Å². The molecular weight excluding hydrogens is 477 g/mol. The van der Waals surface area contributed by atoms with Crippen LogP contribution in [-0.4, -0.2) is 52.0 Å². The van der Waals surface area contributed by atoms with Crippen LogP contribution in [0, 0.1) is 0 Å². The lowest BCUT2D eigenvalue weighted by Gasteiger charge is -2.43. The zero-order valence-corrected chi connectivity index (χ0v) is 19.1. The minimum atomic E-state index is 0. The van der Waals surface area contributed by atoms with Crippen molar-refractivity contribution in [3.05, 3.63) is 34.9 Å². The maximum atomic E-state index is 6.04. The van der Waals surface area contributed by atoms with E-state index in [9.17, 15) is 0 Å². The van der Waals surface area contributed by atoms with Gasteiger partial charge in [0.05, 0.1) is 12.7 Å². The first-order chi connectivity index (χ1) is 12.7. The van der Waals surface area contributed by atoms with Crippen LogP contribution in [0.3, 0.4) is 0 Å². The van der Waals surface area contributed by atoms with Crippen LogP contribution in [0.5, 0.6) is 0 Å². The molecule has 0 spiro atoms. The Hall–Kier alpha value is -0.570. The third kappa shape index (κ3) is 6.48. The first-order valence-electron chi connectivity index (χ1n) is 9.62. The number of benzene rings is 1. The Labute approximate surface area is 184 Å². The average Bonchev–Trinajstić information content (AvgIpc) is 3.13. The van der Waals surface area contributed by atoms with E-state index in [2.05, 4.69) is 27.8 Å². The van der Waals surface area contributed by atoms with E-state index >= 15 is 0 Å². The van der Waals surface area contributed by atoms with Gasteiger partial charge >= 0.3 is 0 Å². The smallest absolute Gasteiger partial charge is 0.191 e. The monoisotopic (exact) mass is 507 g/mol. The highest BCUT2D eigenvalue weighted by molar-refractivity contribution is 14.0. The molecule has 1 atom stereocenters. The van der Waals surface area contributed by atoms with Crippen LogP contribution in [0.1, 0.15) is 37.7 Å². The van der Waals surface area contributed by atoms with Crippen LogP contribution in [-0.2, 0) is 14.9 Å². The molecule has 2 N–H and O–H groups in total. The van der Waals surface area contributed by atoms with Gasteiger partial charge in [0.2, 0.25) is 0 Å². The SMILES string of the molecule is CN=C(NCCCOC1CCOC1)NCC1(c2ccc(Cl)cc2)CCC1.I. The van der Waals surface area contributed by atoms with Crippen molar-refractivity contribution >= 4 is 41.5 Å². The van der Waals surface area contributed by atoms with Crippen LogP contribution in [0.25, 0.3) is 0 Å². The summed E-state index contributed by atoms with van der Waals surface area (Å²) < 4.78 is 11.1. The summed E-state index contributed by atoms with van der Waals surface area (Å²) in [6.07, 6.45) is 5.94. The predicted molar refractivity (Wildman–Crippen MR) is 122 cm³/mol. The molecule has 0 bridgehead atoms. The van der Waals surface area contributed by atoms with Crippen molar-refractivity contribution in [3.63, 3.8) is 0 Å². The van der Waals surface area contributed by atoms with E-state index in [0.717, 1.165) is 56.7 Å². The molecular formula is C20H31ClIN3O2. The molecule has 152 valence electrons. The second-order valence-electron chi connectivity index (χ2n) is 7.20. The van der Waals surface area contributed by atoms with Gasteiger partial charge < -0.3 is 20.1 Å². The lowest BCUT2D eigenvalue weighted by molar-refractivity contribution is 0.0420. The molecule has 0 radical (unpaired) electrons. The Balaban J connectivity index is 0.00000261. The van der Waals surface area contributed by atoms with E-state index in [1.165, 1.54) is 24.8 Å². The Morgan fingerprint density at radius 2 is 2.07 bits per heavy atom. The highest BCUT2D eigenvalue weighted by Crippen LogP contribution is 2.43. The van der Waals surface area contributed by atoms with Crippen molar-refractivity contribution in [3.8, 4) is 0 Å². The van der Waals surface area contributed by atoms with Gasteiger partial charge in [-0.05, 0) is 43.4 Å². The molecule has 1 saturated heterocycles. The van der Waals surface area contributed by atoms with Gasteiger partial charge in [-0.25, -0.2) is 0 Å². The molecule has 0 aromatic heterocycles. The average molecular weight is 508 g/mol. The predicted octanol–water partition coefficient (Wildman–Crippen LogP) is 3.74.